The molecule has 178 valence electrons. The quantitative estimate of drug-likeness (QED) is 0.507. The smallest absolute Gasteiger partial charge is 0.437 e. The van der Waals surface area contributed by atoms with E-state index >= 15 is 0 Å². The first-order valence-corrected chi connectivity index (χ1v) is 10.4. The number of aromatic nitrogens is 1. The summed E-state index contributed by atoms with van der Waals surface area (Å²) < 4.78 is 16.0. The molecule has 2 amide bonds. The second kappa shape index (κ2) is 9.89. The highest BCUT2D eigenvalue weighted by Crippen LogP contribution is 2.30. The van der Waals surface area contributed by atoms with Gasteiger partial charge < -0.3 is 19.9 Å². The number of nitrogens with two attached hydrogens (primary N) is 1. The summed E-state index contributed by atoms with van der Waals surface area (Å²) in [4.78, 5) is 34.5. The predicted octanol–water partition coefficient (Wildman–Crippen LogP) is 5.06. The van der Waals surface area contributed by atoms with Crippen molar-refractivity contribution in [1.82, 2.24) is 4.98 Å². The van der Waals surface area contributed by atoms with Crippen molar-refractivity contribution in [3.8, 4) is 17.0 Å². The predicted molar refractivity (Wildman–Crippen MR) is 128 cm³/mol. The Hall–Kier alpha value is -3.62. The van der Waals surface area contributed by atoms with Crippen molar-refractivity contribution < 1.29 is 23.8 Å². The number of methoxy groups -OCH3 is 1. The fraction of sp³-hybridized carbons (Fsp3) is 0.417. The highest BCUT2D eigenvalue weighted by Gasteiger charge is 2.28. The summed E-state index contributed by atoms with van der Waals surface area (Å²) in [5, 5.41) is 0. The third-order valence-corrected chi connectivity index (χ3v) is 4.13. The molecular formula is C24H32N4O5. The minimum Gasteiger partial charge on any atom is -0.497 e. The number of amides is 2. The monoisotopic (exact) mass is 456 g/mol. The Morgan fingerprint density at radius 3 is 2.21 bits per heavy atom. The summed E-state index contributed by atoms with van der Waals surface area (Å²) in [5.41, 5.74) is 7.16. The van der Waals surface area contributed by atoms with Crippen LogP contribution in [0.3, 0.4) is 0 Å². The average molecular weight is 457 g/mol. The number of benzene rings is 1. The molecule has 0 fully saturated rings. The summed E-state index contributed by atoms with van der Waals surface area (Å²) >= 11 is 0. The Kier molecular flexibility index (Phi) is 7.68. The lowest BCUT2D eigenvalue weighted by Gasteiger charge is -2.27. The van der Waals surface area contributed by atoms with Gasteiger partial charge in [-0.25, -0.2) is 14.5 Å². The third kappa shape index (κ3) is 7.48. The number of nitrogens with zero attached hydrogens (tertiary/aromatic N) is 3. The van der Waals surface area contributed by atoms with Gasteiger partial charge in [0.1, 0.15) is 17.0 Å². The second-order valence-corrected chi connectivity index (χ2v) is 9.35. The Morgan fingerprint density at radius 1 is 1.00 bits per heavy atom. The average Bonchev–Trinajstić information content (AvgIpc) is 2.66. The van der Waals surface area contributed by atoms with E-state index in [-0.39, 0.29) is 5.96 Å². The zero-order chi connectivity index (χ0) is 25.0. The molecule has 1 heterocycles. The van der Waals surface area contributed by atoms with Crippen LogP contribution >= 0.6 is 0 Å². The molecule has 0 atom stereocenters. The van der Waals surface area contributed by atoms with Gasteiger partial charge in [-0.2, -0.15) is 0 Å². The zero-order valence-corrected chi connectivity index (χ0v) is 20.4. The molecule has 9 nitrogen and oxygen atoms in total. The molecule has 0 bridgehead atoms. The number of hydrogen-bond acceptors (Lipinski definition) is 6. The number of ether oxygens (including phenoxy) is 3. The van der Waals surface area contributed by atoms with Crippen molar-refractivity contribution in [3.05, 3.63) is 42.1 Å². The number of rotatable bonds is 3. The number of aryl methyl sites for hydroxylation is 1. The van der Waals surface area contributed by atoms with E-state index in [2.05, 4.69) is 9.98 Å². The Labute approximate surface area is 194 Å². The van der Waals surface area contributed by atoms with Crippen LogP contribution in [-0.4, -0.2) is 41.4 Å². The van der Waals surface area contributed by atoms with Gasteiger partial charge in [-0.05, 0) is 72.2 Å². The fourth-order valence-corrected chi connectivity index (χ4v) is 2.78. The first kappa shape index (κ1) is 25.6. The minimum atomic E-state index is -0.921. The lowest BCUT2D eigenvalue weighted by Crippen LogP contribution is -2.45. The van der Waals surface area contributed by atoms with Crippen LogP contribution < -0.4 is 15.4 Å². The first-order chi connectivity index (χ1) is 15.2. The van der Waals surface area contributed by atoms with Crippen molar-refractivity contribution >= 4 is 23.8 Å². The lowest BCUT2D eigenvalue weighted by molar-refractivity contribution is 0.0601. The van der Waals surface area contributed by atoms with E-state index in [1.54, 1.807) is 79.1 Å². The maximum atomic E-state index is 13.1. The molecule has 0 spiro atoms. The molecule has 0 saturated heterocycles. The highest BCUT2D eigenvalue weighted by molar-refractivity contribution is 6.15. The van der Waals surface area contributed by atoms with Crippen molar-refractivity contribution in [3.63, 3.8) is 0 Å². The van der Waals surface area contributed by atoms with E-state index in [1.165, 1.54) is 0 Å². The number of anilines is 1. The molecule has 9 heteroatoms. The molecule has 0 aliphatic heterocycles. The number of carbonyl (C=O) groups excluding carboxylic acids is 2. The third-order valence-electron chi connectivity index (χ3n) is 4.13. The van der Waals surface area contributed by atoms with E-state index in [0.29, 0.717) is 17.1 Å². The molecule has 2 aromatic rings. The van der Waals surface area contributed by atoms with E-state index in [1.807, 2.05) is 13.0 Å². The van der Waals surface area contributed by atoms with Crippen LogP contribution in [-0.2, 0) is 9.47 Å². The zero-order valence-electron chi connectivity index (χ0n) is 20.4. The van der Waals surface area contributed by atoms with E-state index in [9.17, 15) is 9.59 Å². The molecule has 0 unspecified atom stereocenters. The van der Waals surface area contributed by atoms with Gasteiger partial charge in [0.2, 0.25) is 5.96 Å². The summed E-state index contributed by atoms with van der Waals surface area (Å²) in [6, 6.07) is 8.73. The highest BCUT2D eigenvalue weighted by atomic mass is 16.6. The van der Waals surface area contributed by atoms with Gasteiger partial charge in [0, 0.05) is 17.8 Å². The van der Waals surface area contributed by atoms with E-state index in [4.69, 9.17) is 19.9 Å². The number of carbonyl (C=O) groups is 2. The van der Waals surface area contributed by atoms with Crippen molar-refractivity contribution in [2.75, 3.05) is 12.0 Å². The van der Waals surface area contributed by atoms with Gasteiger partial charge >= 0.3 is 12.2 Å². The van der Waals surface area contributed by atoms with Crippen LogP contribution in [0.1, 0.15) is 47.1 Å². The van der Waals surface area contributed by atoms with Crippen molar-refractivity contribution in [1.29, 1.82) is 0 Å². The van der Waals surface area contributed by atoms with Gasteiger partial charge in [0.15, 0.2) is 0 Å². The Morgan fingerprint density at radius 2 is 1.64 bits per heavy atom. The topological polar surface area (TPSA) is 116 Å². The summed E-state index contributed by atoms with van der Waals surface area (Å²) in [6.45, 7) is 12.2. The maximum Gasteiger partial charge on any atom is 0.437 e. The molecule has 2 N–H and O–H groups in total. The van der Waals surface area contributed by atoms with E-state index < -0.39 is 23.4 Å². The van der Waals surface area contributed by atoms with Crippen molar-refractivity contribution in [2.45, 2.75) is 59.7 Å². The Bertz CT molecular complexity index is 1050. The largest absolute Gasteiger partial charge is 0.497 e. The Balaban J connectivity index is 2.57. The lowest BCUT2D eigenvalue weighted by atomic mass is 10.0. The van der Waals surface area contributed by atoms with Crippen LogP contribution in [0, 0.1) is 6.92 Å². The molecule has 0 radical (unpaired) electrons. The first-order valence-electron chi connectivity index (χ1n) is 10.4. The fourth-order valence-electron chi connectivity index (χ4n) is 2.78. The maximum absolute atomic E-state index is 13.1. The van der Waals surface area contributed by atoms with Gasteiger partial charge in [0.05, 0.1) is 18.5 Å². The van der Waals surface area contributed by atoms with Gasteiger partial charge in [-0.3, -0.25) is 4.98 Å². The summed E-state index contributed by atoms with van der Waals surface area (Å²) in [7, 11) is 1.57. The van der Waals surface area contributed by atoms with Gasteiger partial charge in [0.25, 0.3) is 0 Å². The summed E-state index contributed by atoms with van der Waals surface area (Å²) in [5.74, 6) is 0.256. The van der Waals surface area contributed by atoms with E-state index in [0.717, 1.165) is 16.0 Å². The van der Waals surface area contributed by atoms with Crippen LogP contribution in [0.5, 0.6) is 5.75 Å². The number of pyridine rings is 1. The molecule has 1 aromatic carbocycles. The SMILES string of the molecule is COc1ccnc(-c2cc(N(C(=O)OC(C)(C)C)C(N)=NC(=O)OC(C)(C)C)ccc2C)c1. The molecule has 0 aliphatic carbocycles. The minimum absolute atomic E-state index is 0.347. The molecule has 33 heavy (non-hydrogen) atoms. The van der Waals surface area contributed by atoms with Crippen LogP contribution in [0.2, 0.25) is 0 Å². The van der Waals surface area contributed by atoms with Gasteiger partial charge in [-0.15, -0.1) is 4.99 Å². The molecule has 2 rings (SSSR count). The molecule has 0 aliphatic rings. The van der Waals surface area contributed by atoms with Crippen LogP contribution in [0.4, 0.5) is 15.3 Å². The number of aliphatic imine (C=N–C) groups is 1. The van der Waals surface area contributed by atoms with Crippen LogP contribution in [0.25, 0.3) is 11.3 Å². The number of hydrogen-bond donors (Lipinski definition) is 1. The van der Waals surface area contributed by atoms with Crippen molar-refractivity contribution in [2.24, 2.45) is 10.7 Å². The summed E-state index contributed by atoms with van der Waals surface area (Å²) in [6.07, 6.45) is -0.0828. The molecular weight excluding hydrogens is 424 g/mol. The normalized spacial score (nSPS) is 12.2. The molecule has 0 saturated carbocycles. The van der Waals surface area contributed by atoms with Gasteiger partial charge in [-0.1, -0.05) is 6.07 Å². The second-order valence-electron chi connectivity index (χ2n) is 9.35. The van der Waals surface area contributed by atoms with Crippen LogP contribution in [0.15, 0.2) is 41.5 Å². The standard InChI is InChI=1S/C24H32N4O5/c1-15-9-10-16(13-18(15)19-14-17(31-8)11-12-26-19)28(22(30)33-24(5,6)7)20(25)27-21(29)32-23(2,3)4/h9-14H,1-8H3,(H2,25,27,29). The number of guanidine groups is 1. The molecule has 1 aromatic heterocycles.